The Bertz CT molecular complexity index is 749. The molecule has 2 rings (SSSR count). The van der Waals surface area contributed by atoms with Gasteiger partial charge in [-0.2, -0.15) is 8.42 Å². The summed E-state index contributed by atoms with van der Waals surface area (Å²) in [6.45, 7) is 0.946. The minimum Gasteiger partial charge on any atom is -0.370 e. The number of carbonyl (C=O) groups is 1. The van der Waals surface area contributed by atoms with Crippen LogP contribution in [0.2, 0.25) is 0 Å². The molecule has 0 saturated heterocycles. The lowest BCUT2D eigenvalue weighted by Gasteiger charge is -2.30. The molecule has 1 heterocycles. The minimum absolute atomic E-state index is 0.0179. The number of nitrogens with zero attached hydrogens (tertiary/aromatic N) is 2. The van der Waals surface area contributed by atoms with E-state index in [9.17, 15) is 27.9 Å². The van der Waals surface area contributed by atoms with E-state index in [1.165, 1.54) is 12.1 Å². The summed E-state index contributed by atoms with van der Waals surface area (Å²) in [6.07, 6.45) is 0.425. The first kappa shape index (κ1) is 18.3. The van der Waals surface area contributed by atoms with Crippen LogP contribution in [-0.2, 0) is 27.9 Å². The molecule has 132 valence electrons. The van der Waals surface area contributed by atoms with Crippen molar-refractivity contribution in [2.75, 3.05) is 13.1 Å². The highest BCUT2D eigenvalue weighted by molar-refractivity contribution is 7.86. The summed E-state index contributed by atoms with van der Waals surface area (Å²) in [5, 5.41) is 9.74. The van der Waals surface area contributed by atoms with E-state index in [2.05, 4.69) is 0 Å². The maximum Gasteiger partial charge on any atom is 0.269 e. The van der Waals surface area contributed by atoms with Crippen molar-refractivity contribution in [3.63, 3.8) is 0 Å². The zero-order chi connectivity index (χ0) is 17.9. The molecule has 1 aliphatic rings. The number of nitrogens with two attached hydrogens (primary N) is 1. The molecule has 1 aromatic rings. The number of hydrogen-bond donors (Lipinski definition) is 2. The van der Waals surface area contributed by atoms with Gasteiger partial charge in [-0.15, -0.1) is 0 Å². The highest BCUT2D eigenvalue weighted by Gasteiger charge is 2.28. The Morgan fingerprint density at radius 1 is 1.42 bits per heavy atom. The normalized spacial score (nSPS) is 16.4. The predicted octanol–water partition coefficient (Wildman–Crippen LogP) is 0.475. The van der Waals surface area contributed by atoms with Crippen molar-refractivity contribution in [3.05, 3.63) is 39.4 Å². The molecular formula is C14H19N3O6S. The van der Waals surface area contributed by atoms with Gasteiger partial charge >= 0.3 is 0 Å². The van der Waals surface area contributed by atoms with Crippen LogP contribution in [0, 0.1) is 10.1 Å². The number of hydrogen-bond acceptors (Lipinski definition) is 6. The summed E-state index contributed by atoms with van der Waals surface area (Å²) in [5.41, 5.74) is 6.76. The second-order valence-electron chi connectivity index (χ2n) is 5.84. The van der Waals surface area contributed by atoms with Gasteiger partial charge in [0.1, 0.15) is 0 Å². The lowest BCUT2D eigenvalue weighted by molar-refractivity contribution is -0.385. The van der Waals surface area contributed by atoms with Gasteiger partial charge in [-0.25, -0.2) is 0 Å². The third-order valence-corrected chi connectivity index (χ3v) is 5.32. The fourth-order valence-electron chi connectivity index (χ4n) is 2.80. The molecule has 24 heavy (non-hydrogen) atoms. The van der Waals surface area contributed by atoms with Crippen molar-refractivity contribution in [2.24, 2.45) is 5.73 Å². The van der Waals surface area contributed by atoms with E-state index in [0.717, 1.165) is 11.1 Å². The first-order valence-electron chi connectivity index (χ1n) is 7.40. The molecule has 0 aliphatic carbocycles. The van der Waals surface area contributed by atoms with Crippen molar-refractivity contribution in [1.29, 1.82) is 0 Å². The van der Waals surface area contributed by atoms with Crippen LogP contribution >= 0.6 is 0 Å². The van der Waals surface area contributed by atoms with Gasteiger partial charge in [0.15, 0.2) is 0 Å². The van der Waals surface area contributed by atoms with Crippen molar-refractivity contribution < 1.29 is 22.7 Å². The van der Waals surface area contributed by atoms with Gasteiger partial charge in [0.2, 0.25) is 5.91 Å². The maximum atomic E-state index is 11.5. The van der Waals surface area contributed by atoms with Gasteiger partial charge in [-0.3, -0.25) is 24.4 Å². The van der Waals surface area contributed by atoms with Gasteiger partial charge in [0.05, 0.1) is 10.2 Å². The van der Waals surface area contributed by atoms with Gasteiger partial charge in [-0.1, -0.05) is 6.07 Å². The van der Waals surface area contributed by atoms with Crippen LogP contribution in [0.25, 0.3) is 0 Å². The van der Waals surface area contributed by atoms with Crippen LogP contribution in [0.3, 0.4) is 0 Å². The first-order valence-corrected chi connectivity index (χ1v) is 8.90. The van der Waals surface area contributed by atoms with E-state index in [4.69, 9.17) is 5.73 Å². The number of amides is 1. The number of rotatable bonds is 7. The number of fused-ring (bicyclic) bond motifs is 1. The summed E-state index contributed by atoms with van der Waals surface area (Å²) in [4.78, 5) is 23.0. The van der Waals surface area contributed by atoms with Crippen LogP contribution < -0.4 is 5.73 Å². The van der Waals surface area contributed by atoms with E-state index >= 15 is 0 Å². The maximum absolute atomic E-state index is 11.5. The predicted molar refractivity (Wildman–Crippen MR) is 85.8 cm³/mol. The zero-order valence-electron chi connectivity index (χ0n) is 12.9. The Kier molecular flexibility index (Phi) is 5.52. The lowest BCUT2D eigenvalue weighted by Crippen LogP contribution is -2.40. The molecule has 1 amide bonds. The Morgan fingerprint density at radius 2 is 2.12 bits per heavy atom. The molecule has 1 aliphatic heterocycles. The van der Waals surface area contributed by atoms with Crippen LogP contribution in [0.5, 0.6) is 0 Å². The first-order chi connectivity index (χ1) is 11.2. The van der Waals surface area contributed by atoms with E-state index in [1.807, 2.05) is 0 Å². The van der Waals surface area contributed by atoms with Crippen molar-refractivity contribution >= 4 is 21.7 Å². The molecule has 1 aromatic carbocycles. The van der Waals surface area contributed by atoms with Crippen LogP contribution in [0.1, 0.15) is 24.0 Å². The number of primary amides is 1. The van der Waals surface area contributed by atoms with Gasteiger partial charge in [0.25, 0.3) is 15.8 Å². The average molecular weight is 357 g/mol. The molecule has 0 fully saturated rings. The number of non-ortho nitro benzene ring substituents is 1. The van der Waals surface area contributed by atoms with E-state index in [-0.39, 0.29) is 25.1 Å². The molecule has 3 N–H and O–H groups in total. The summed E-state index contributed by atoms with van der Waals surface area (Å²) in [6, 6.07) is 4.63. The summed E-state index contributed by atoms with van der Waals surface area (Å²) < 4.78 is 32.3. The molecule has 0 saturated carbocycles. The summed E-state index contributed by atoms with van der Waals surface area (Å²) in [5.74, 6) is -0.636. The lowest BCUT2D eigenvalue weighted by atomic mass is 9.99. The largest absolute Gasteiger partial charge is 0.370 e. The van der Waals surface area contributed by atoms with Crippen LogP contribution in [0.15, 0.2) is 18.2 Å². The Balaban J connectivity index is 2.11. The summed E-state index contributed by atoms with van der Waals surface area (Å²) >= 11 is 0. The number of nitro benzene ring substituents is 1. The molecule has 0 aromatic heterocycles. The molecule has 1 unspecified atom stereocenters. The van der Waals surface area contributed by atoms with Crippen molar-refractivity contribution in [3.8, 4) is 0 Å². The zero-order valence-corrected chi connectivity index (χ0v) is 13.7. The van der Waals surface area contributed by atoms with E-state index < -0.39 is 26.2 Å². The summed E-state index contributed by atoms with van der Waals surface area (Å²) in [7, 11) is -4.32. The van der Waals surface area contributed by atoms with Crippen molar-refractivity contribution in [1.82, 2.24) is 4.90 Å². The molecule has 0 spiro atoms. The quantitative estimate of drug-likeness (QED) is 0.410. The van der Waals surface area contributed by atoms with E-state index in [1.54, 1.807) is 11.0 Å². The minimum atomic E-state index is -4.32. The SMILES string of the molecule is NC(=O)CCC(CN1CCc2ccc([N+](=O)[O-])cc2C1)S(=O)(=O)O. The van der Waals surface area contributed by atoms with Crippen LogP contribution in [0.4, 0.5) is 5.69 Å². The Morgan fingerprint density at radius 3 is 2.71 bits per heavy atom. The van der Waals surface area contributed by atoms with Gasteiger partial charge in [-0.05, 0) is 24.0 Å². The highest BCUT2D eigenvalue weighted by atomic mass is 32.2. The third-order valence-electron chi connectivity index (χ3n) is 4.09. The highest BCUT2D eigenvalue weighted by Crippen LogP contribution is 2.24. The molecular weight excluding hydrogens is 338 g/mol. The molecule has 10 heteroatoms. The number of benzene rings is 1. The molecule has 0 radical (unpaired) electrons. The van der Waals surface area contributed by atoms with Crippen molar-refractivity contribution in [2.45, 2.75) is 31.1 Å². The third kappa shape index (κ3) is 4.73. The topological polar surface area (TPSA) is 144 Å². The Hall–Kier alpha value is -2.04. The van der Waals surface area contributed by atoms with E-state index in [0.29, 0.717) is 19.5 Å². The standard InChI is InChI=1S/C14H19N3O6S/c15-14(18)4-3-13(24(21,22)23)9-16-6-5-10-1-2-12(17(19)20)7-11(10)8-16/h1-2,7,13H,3-6,8-9H2,(H2,15,18)(H,21,22,23). The second kappa shape index (κ2) is 7.24. The Labute approximate surface area is 139 Å². The van der Waals surface area contributed by atoms with Gasteiger partial charge in [0, 0.05) is 38.2 Å². The number of carbonyl (C=O) groups excluding carboxylic acids is 1. The monoisotopic (exact) mass is 357 g/mol. The average Bonchev–Trinajstić information content (AvgIpc) is 2.49. The second-order valence-corrected chi connectivity index (χ2v) is 7.53. The fraction of sp³-hybridized carbons (Fsp3) is 0.500. The smallest absolute Gasteiger partial charge is 0.269 e. The molecule has 9 nitrogen and oxygen atoms in total. The number of nitro groups is 1. The van der Waals surface area contributed by atoms with Gasteiger partial charge < -0.3 is 5.73 Å². The molecule has 1 atom stereocenters. The fourth-order valence-corrected chi connectivity index (χ4v) is 3.61. The molecule has 0 bridgehead atoms. The van der Waals surface area contributed by atoms with Crippen LogP contribution in [-0.4, -0.2) is 47.0 Å².